The smallest absolute Gasteiger partial charge is 0.224 e. The highest BCUT2D eigenvalue weighted by Crippen LogP contribution is 2.34. The van der Waals surface area contributed by atoms with Gasteiger partial charge in [-0.15, -0.1) is 0 Å². The standard InChI is InChI=1S/C27H29FN2O/c28-25-14-11-22(12-15-25)19-30-20-24(13-16-26(30)23-9-5-2-6-10-23)27(31)29-18-17-21-7-3-1-4-8-21/h1-12,14-15,24,26H,13,16-20H2,(H,29,31). The van der Waals surface area contributed by atoms with Gasteiger partial charge in [-0.05, 0) is 48.1 Å². The Hall–Kier alpha value is -2.98. The number of hydrogen-bond donors (Lipinski definition) is 1. The molecule has 2 atom stereocenters. The number of carbonyl (C=O) groups excluding carboxylic acids is 1. The molecule has 0 bridgehead atoms. The number of carbonyl (C=O) groups is 1. The largest absolute Gasteiger partial charge is 0.355 e. The SMILES string of the molecule is O=C(NCCc1ccccc1)C1CCC(c2ccccc2)N(Cc2ccc(F)cc2)C1. The molecule has 0 saturated carbocycles. The van der Waals surface area contributed by atoms with Crippen LogP contribution in [0.3, 0.4) is 0 Å². The Morgan fingerprint density at radius 2 is 1.55 bits per heavy atom. The molecule has 0 aromatic heterocycles. The van der Waals surface area contributed by atoms with Crippen molar-refractivity contribution in [2.24, 2.45) is 5.92 Å². The van der Waals surface area contributed by atoms with E-state index in [0.29, 0.717) is 19.6 Å². The molecule has 0 spiro atoms. The summed E-state index contributed by atoms with van der Waals surface area (Å²) in [7, 11) is 0. The molecule has 0 radical (unpaired) electrons. The van der Waals surface area contributed by atoms with Crippen LogP contribution in [0.2, 0.25) is 0 Å². The van der Waals surface area contributed by atoms with Crippen molar-refractivity contribution in [2.75, 3.05) is 13.1 Å². The van der Waals surface area contributed by atoms with Crippen LogP contribution in [0.15, 0.2) is 84.9 Å². The molecule has 4 rings (SSSR count). The van der Waals surface area contributed by atoms with Crippen molar-refractivity contribution in [2.45, 2.75) is 31.8 Å². The van der Waals surface area contributed by atoms with Gasteiger partial charge in [0.15, 0.2) is 0 Å². The van der Waals surface area contributed by atoms with Crippen molar-refractivity contribution < 1.29 is 9.18 Å². The number of nitrogens with one attached hydrogen (secondary N) is 1. The van der Waals surface area contributed by atoms with Crippen LogP contribution >= 0.6 is 0 Å². The summed E-state index contributed by atoms with van der Waals surface area (Å²) in [5.41, 5.74) is 3.56. The topological polar surface area (TPSA) is 32.3 Å². The van der Waals surface area contributed by atoms with Crippen molar-refractivity contribution in [3.05, 3.63) is 107 Å². The molecule has 1 amide bonds. The van der Waals surface area contributed by atoms with Gasteiger partial charge in [-0.1, -0.05) is 72.8 Å². The van der Waals surface area contributed by atoms with Crippen molar-refractivity contribution in [1.29, 1.82) is 0 Å². The number of likely N-dealkylation sites (tertiary alicyclic amines) is 1. The summed E-state index contributed by atoms with van der Waals surface area (Å²) in [6.45, 7) is 2.06. The van der Waals surface area contributed by atoms with E-state index in [1.54, 1.807) is 0 Å². The first-order valence-electron chi connectivity index (χ1n) is 11.0. The normalized spacial score (nSPS) is 19.1. The lowest BCUT2D eigenvalue weighted by Crippen LogP contribution is -2.44. The molecule has 1 aliphatic rings. The van der Waals surface area contributed by atoms with E-state index in [2.05, 4.69) is 46.6 Å². The maximum Gasteiger partial charge on any atom is 0.224 e. The fraction of sp³-hybridized carbons (Fsp3) is 0.296. The van der Waals surface area contributed by atoms with Crippen molar-refractivity contribution >= 4 is 5.91 Å². The predicted octanol–water partition coefficient (Wildman–Crippen LogP) is 5.14. The minimum atomic E-state index is -0.224. The van der Waals surface area contributed by atoms with E-state index < -0.39 is 0 Å². The minimum absolute atomic E-state index is 0.0313. The number of amides is 1. The van der Waals surface area contributed by atoms with E-state index in [0.717, 1.165) is 24.8 Å². The van der Waals surface area contributed by atoms with Gasteiger partial charge in [0.1, 0.15) is 5.82 Å². The van der Waals surface area contributed by atoms with E-state index in [4.69, 9.17) is 0 Å². The molecule has 31 heavy (non-hydrogen) atoms. The van der Waals surface area contributed by atoms with Crippen LogP contribution in [-0.2, 0) is 17.8 Å². The Bertz CT molecular complexity index is 960. The van der Waals surface area contributed by atoms with Crippen LogP contribution < -0.4 is 5.32 Å². The molecule has 1 fully saturated rings. The number of hydrogen-bond acceptors (Lipinski definition) is 2. The van der Waals surface area contributed by atoms with Gasteiger partial charge in [-0.3, -0.25) is 9.69 Å². The van der Waals surface area contributed by atoms with Gasteiger partial charge in [0, 0.05) is 25.7 Å². The van der Waals surface area contributed by atoms with Gasteiger partial charge in [0.05, 0.1) is 5.92 Å². The Balaban J connectivity index is 1.41. The van der Waals surface area contributed by atoms with Crippen LogP contribution in [0.4, 0.5) is 4.39 Å². The Labute approximate surface area is 183 Å². The van der Waals surface area contributed by atoms with Crippen LogP contribution in [0.1, 0.15) is 35.6 Å². The summed E-state index contributed by atoms with van der Waals surface area (Å²) in [5, 5.41) is 3.13. The van der Waals surface area contributed by atoms with E-state index in [9.17, 15) is 9.18 Å². The Morgan fingerprint density at radius 1 is 0.871 bits per heavy atom. The van der Waals surface area contributed by atoms with E-state index in [1.165, 1.54) is 23.3 Å². The average molecular weight is 417 g/mol. The van der Waals surface area contributed by atoms with Gasteiger partial charge >= 0.3 is 0 Å². The third-order valence-electron chi connectivity index (χ3n) is 6.09. The molecule has 2 unspecified atom stereocenters. The molecule has 1 saturated heterocycles. The lowest BCUT2D eigenvalue weighted by molar-refractivity contribution is -0.127. The molecule has 1 heterocycles. The molecule has 160 valence electrons. The Kier molecular flexibility index (Phi) is 7.11. The predicted molar refractivity (Wildman–Crippen MR) is 122 cm³/mol. The average Bonchev–Trinajstić information content (AvgIpc) is 2.82. The molecule has 3 aromatic carbocycles. The summed E-state index contributed by atoms with van der Waals surface area (Å²) in [5.74, 6) is -0.125. The van der Waals surface area contributed by atoms with Crippen LogP contribution in [0.25, 0.3) is 0 Å². The van der Waals surface area contributed by atoms with Gasteiger partial charge in [0.25, 0.3) is 0 Å². The molecule has 0 aliphatic carbocycles. The number of rotatable bonds is 7. The second kappa shape index (κ2) is 10.4. The van der Waals surface area contributed by atoms with Crippen molar-refractivity contribution in [3.8, 4) is 0 Å². The van der Waals surface area contributed by atoms with Gasteiger partial charge in [0.2, 0.25) is 5.91 Å². The highest BCUT2D eigenvalue weighted by atomic mass is 19.1. The highest BCUT2D eigenvalue weighted by Gasteiger charge is 2.32. The second-order valence-electron chi connectivity index (χ2n) is 8.28. The third-order valence-corrected chi connectivity index (χ3v) is 6.09. The molecule has 3 nitrogen and oxygen atoms in total. The monoisotopic (exact) mass is 416 g/mol. The summed E-state index contributed by atoms with van der Waals surface area (Å²) < 4.78 is 13.3. The first-order chi connectivity index (χ1) is 15.2. The fourth-order valence-corrected chi connectivity index (χ4v) is 4.43. The van der Waals surface area contributed by atoms with E-state index in [1.807, 2.05) is 36.4 Å². The van der Waals surface area contributed by atoms with Gasteiger partial charge in [-0.2, -0.15) is 0 Å². The van der Waals surface area contributed by atoms with Crippen molar-refractivity contribution in [3.63, 3.8) is 0 Å². The number of halogens is 1. The summed E-state index contributed by atoms with van der Waals surface area (Å²) in [6, 6.07) is 27.6. The lowest BCUT2D eigenvalue weighted by atomic mass is 9.88. The quantitative estimate of drug-likeness (QED) is 0.579. The first kappa shape index (κ1) is 21.3. The number of nitrogens with zero attached hydrogens (tertiary/aromatic N) is 1. The number of benzene rings is 3. The molecule has 3 aromatic rings. The zero-order valence-electron chi connectivity index (χ0n) is 17.7. The molecule has 1 aliphatic heterocycles. The van der Waals surface area contributed by atoms with Crippen LogP contribution in [-0.4, -0.2) is 23.9 Å². The first-order valence-corrected chi connectivity index (χ1v) is 11.0. The zero-order valence-corrected chi connectivity index (χ0v) is 17.7. The van der Waals surface area contributed by atoms with E-state index in [-0.39, 0.29) is 23.7 Å². The fourth-order valence-electron chi connectivity index (χ4n) is 4.43. The summed E-state index contributed by atoms with van der Waals surface area (Å²) in [4.78, 5) is 15.3. The summed E-state index contributed by atoms with van der Waals surface area (Å²) in [6.07, 6.45) is 2.64. The second-order valence-corrected chi connectivity index (χ2v) is 8.28. The van der Waals surface area contributed by atoms with Crippen LogP contribution in [0, 0.1) is 11.7 Å². The van der Waals surface area contributed by atoms with Crippen LogP contribution in [0.5, 0.6) is 0 Å². The molecule has 4 heteroatoms. The molecular formula is C27H29FN2O. The minimum Gasteiger partial charge on any atom is -0.355 e. The Morgan fingerprint density at radius 3 is 2.26 bits per heavy atom. The number of piperidine rings is 1. The van der Waals surface area contributed by atoms with Crippen molar-refractivity contribution in [1.82, 2.24) is 10.2 Å². The summed E-state index contributed by atoms with van der Waals surface area (Å²) >= 11 is 0. The zero-order chi connectivity index (χ0) is 21.5. The molecular weight excluding hydrogens is 387 g/mol. The molecule has 1 N–H and O–H groups in total. The van der Waals surface area contributed by atoms with Gasteiger partial charge < -0.3 is 5.32 Å². The maximum atomic E-state index is 13.3. The third kappa shape index (κ3) is 5.80. The lowest BCUT2D eigenvalue weighted by Gasteiger charge is -2.39. The van der Waals surface area contributed by atoms with E-state index >= 15 is 0 Å². The highest BCUT2D eigenvalue weighted by molar-refractivity contribution is 5.79. The van der Waals surface area contributed by atoms with Gasteiger partial charge in [-0.25, -0.2) is 4.39 Å². The maximum absolute atomic E-state index is 13.3.